The largest absolute Gasteiger partial charge is 0.383 e. The van der Waals surface area contributed by atoms with E-state index in [4.69, 9.17) is 6.42 Å². The van der Waals surface area contributed by atoms with Crippen LogP contribution in [-0.4, -0.2) is 11.5 Å². The van der Waals surface area contributed by atoms with Gasteiger partial charge in [0.05, 0.1) is 5.52 Å². The molecule has 0 saturated carbocycles. The maximum absolute atomic E-state index is 5.20. The molecule has 0 unspecified atom stereocenters. The van der Waals surface area contributed by atoms with Crippen LogP contribution in [0.4, 0.5) is 5.69 Å². The molecule has 0 aliphatic rings. The average Bonchev–Trinajstić information content (AvgIpc) is 2.42. The first-order chi connectivity index (χ1) is 8.42. The summed E-state index contributed by atoms with van der Waals surface area (Å²) in [6.45, 7) is 4.80. The Morgan fingerprint density at radius 3 is 2.76 bits per heavy atom. The topological polar surface area (TPSA) is 24.9 Å². The van der Waals surface area contributed by atoms with E-state index in [9.17, 15) is 0 Å². The van der Waals surface area contributed by atoms with Gasteiger partial charge in [0.15, 0.2) is 0 Å². The minimum atomic E-state index is 0.733. The number of nitrogens with one attached hydrogen (secondary N) is 1. The highest BCUT2D eigenvalue weighted by molar-refractivity contribution is 5.90. The van der Waals surface area contributed by atoms with Crippen LogP contribution in [0.5, 0.6) is 0 Å². The Labute approximate surface area is 103 Å². The summed E-state index contributed by atoms with van der Waals surface area (Å²) >= 11 is 0. The molecule has 17 heavy (non-hydrogen) atoms. The molecular formula is C15H18N2. The lowest BCUT2D eigenvalue weighted by Crippen LogP contribution is -2.00. The van der Waals surface area contributed by atoms with Gasteiger partial charge in [0.2, 0.25) is 0 Å². The third kappa shape index (κ3) is 3.49. The monoisotopic (exact) mass is 226 g/mol. The Kier molecular flexibility index (Phi) is 5.60. The zero-order chi connectivity index (χ0) is 12.5. The molecule has 2 nitrogen and oxygen atoms in total. The Hall–Kier alpha value is -2.01. The van der Waals surface area contributed by atoms with E-state index in [1.165, 1.54) is 0 Å². The molecule has 1 N–H and O–H groups in total. The molecule has 0 saturated heterocycles. The maximum Gasteiger partial charge on any atom is 0.0722 e. The van der Waals surface area contributed by atoms with Gasteiger partial charge >= 0.3 is 0 Å². The zero-order valence-electron chi connectivity index (χ0n) is 10.4. The molecule has 0 spiro atoms. The number of benzene rings is 1. The van der Waals surface area contributed by atoms with E-state index in [2.05, 4.69) is 22.3 Å². The van der Waals surface area contributed by atoms with Crippen molar-refractivity contribution in [2.75, 3.05) is 11.9 Å². The highest BCUT2D eigenvalue weighted by atomic mass is 14.9. The number of anilines is 1. The van der Waals surface area contributed by atoms with E-state index in [0.29, 0.717) is 0 Å². The zero-order valence-corrected chi connectivity index (χ0v) is 10.4. The van der Waals surface area contributed by atoms with E-state index >= 15 is 0 Å². The summed E-state index contributed by atoms with van der Waals surface area (Å²) in [5.74, 6) is 2.61. The molecule has 0 amide bonds. The normalized spacial score (nSPS) is 9.00. The highest BCUT2D eigenvalue weighted by Gasteiger charge is 1.98. The van der Waals surface area contributed by atoms with Gasteiger partial charge in [-0.2, -0.15) is 0 Å². The molecule has 2 rings (SSSR count). The molecule has 2 aromatic rings. The van der Waals surface area contributed by atoms with E-state index in [1.54, 1.807) is 6.20 Å². The predicted molar refractivity (Wildman–Crippen MR) is 75.0 cm³/mol. The SMILES string of the molecule is C#CCCNc1ccnc2ccccc12.CC. The first-order valence-corrected chi connectivity index (χ1v) is 5.93. The summed E-state index contributed by atoms with van der Waals surface area (Å²) in [5, 5.41) is 4.44. The summed E-state index contributed by atoms with van der Waals surface area (Å²) in [7, 11) is 0. The molecule has 1 heterocycles. The van der Waals surface area contributed by atoms with Gasteiger partial charge in [0.25, 0.3) is 0 Å². The number of pyridine rings is 1. The second kappa shape index (κ2) is 7.29. The van der Waals surface area contributed by atoms with Crippen LogP contribution in [0, 0.1) is 12.3 Å². The van der Waals surface area contributed by atoms with Crippen molar-refractivity contribution in [1.29, 1.82) is 0 Å². The van der Waals surface area contributed by atoms with Gasteiger partial charge in [0.1, 0.15) is 0 Å². The smallest absolute Gasteiger partial charge is 0.0722 e. The van der Waals surface area contributed by atoms with Crippen LogP contribution in [-0.2, 0) is 0 Å². The molecular weight excluding hydrogens is 208 g/mol. The number of aromatic nitrogens is 1. The van der Waals surface area contributed by atoms with Crippen molar-refractivity contribution >= 4 is 16.6 Å². The molecule has 0 aliphatic heterocycles. The van der Waals surface area contributed by atoms with Crippen molar-refractivity contribution in [1.82, 2.24) is 4.98 Å². The Morgan fingerprint density at radius 2 is 2.00 bits per heavy atom. The van der Waals surface area contributed by atoms with Gasteiger partial charge < -0.3 is 5.32 Å². The molecule has 0 fully saturated rings. The Morgan fingerprint density at radius 1 is 1.24 bits per heavy atom. The molecule has 1 aromatic heterocycles. The summed E-state index contributed by atoms with van der Waals surface area (Å²) in [4.78, 5) is 4.29. The van der Waals surface area contributed by atoms with Crippen LogP contribution in [0.3, 0.4) is 0 Å². The van der Waals surface area contributed by atoms with Crippen molar-refractivity contribution in [2.24, 2.45) is 0 Å². The fourth-order valence-corrected chi connectivity index (χ4v) is 1.52. The fourth-order valence-electron chi connectivity index (χ4n) is 1.52. The lowest BCUT2D eigenvalue weighted by Gasteiger charge is -2.07. The molecule has 0 bridgehead atoms. The van der Waals surface area contributed by atoms with Gasteiger partial charge in [-0.05, 0) is 12.1 Å². The van der Waals surface area contributed by atoms with E-state index in [1.807, 2.05) is 38.1 Å². The van der Waals surface area contributed by atoms with Crippen LogP contribution in [0.2, 0.25) is 0 Å². The Balaban J connectivity index is 0.000000686. The van der Waals surface area contributed by atoms with E-state index < -0.39 is 0 Å². The first kappa shape index (κ1) is 13.1. The number of para-hydroxylation sites is 1. The van der Waals surface area contributed by atoms with Gasteiger partial charge in [-0.1, -0.05) is 32.0 Å². The number of nitrogens with zero attached hydrogens (tertiary/aromatic N) is 1. The predicted octanol–water partition coefficient (Wildman–Crippen LogP) is 3.70. The van der Waals surface area contributed by atoms with Gasteiger partial charge in [-0.25, -0.2) is 0 Å². The van der Waals surface area contributed by atoms with Crippen molar-refractivity contribution in [2.45, 2.75) is 20.3 Å². The molecule has 2 heteroatoms. The number of hydrogen-bond acceptors (Lipinski definition) is 2. The minimum Gasteiger partial charge on any atom is -0.383 e. The highest BCUT2D eigenvalue weighted by Crippen LogP contribution is 2.20. The van der Waals surface area contributed by atoms with Crippen LogP contribution in [0.1, 0.15) is 20.3 Å². The molecule has 0 atom stereocenters. The van der Waals surface area contributed by atoms with Crippen LogP contribution in [0.25, 0.3) is 10.9 Å². The van der Waals surface area contributed by atoms with Crippen LogP contribution < -0.4 is 5.32 Å². The second-order valence-electron chi connectivity index (χ2n) is 3.26. The standard InChI is InChI=1S/C13H12N2.C2H6/c1-2-3-9-14-13-8-10-15-12-7-5-4-6-11(12)13;1-2/h1,4-8,10H,3,9H2,(H,14,15);1-2H3. The summed E-state index contributed by atoms with van der Waals surface area (Å²) in [5.41, 5.74) is 2.10. The lowest BCUT2D eigenvalue weighted by atomic mass is 10.2. The van der Waals surface area contributed by atoms with Gasteiger partial charge in [-0.15, -0.1) is 12.3 Å². The number of terminal acetylenes is 1. The summed E-state index contributed by atoms with van der Waals surface area (Å²) < 4.78 is 0. The first-order valence-electron chi connectivity index (χ1n) is 5.93. The Bertz CT molecular complexity index is 492. The molecule has 88 valence electrons. The second-order valence-corrected chi connectivity index (χ2v) is 3.26. The lowest BCUT2D eigenvalue weighted by molar-refractivity contribution is 1.10. The quantitative estimate of drug-likeness (QED) is 0.637. The third-order valence-corrected chi connectivity index (χ3v) is 2.23. The van der Waals surface area contributed by atoms with Crippen LogP contribution in [0.15, 0.2) is 36.5 Å². The van der Waals surface area contributed by atoms with Crippen molar-refractivity contribution < 1.29 is 0 Å². The molecule has 1 aromatic carbocycles. The fraction of sp³-hybridized carbons (Fsp3) is 0.267. The van der Waals surface area contributed by atoms with E-state index in [0.717, 1.165) is 29.6 Å². The van der Waals surface area contributed by atoms with Crippen molar-refractivity contribution in [3.8, 4) is 12.3 Å². The molecule has 0 radical (unpaired) electrons. The maximum atomic E-state index is 5.20. The van der Waals surface area contributed by atoms with Gasteiger partial charge in [-0.3, -0.25) is 4.98 Å². The number of fused-ring (bicyclic) bond motifs is 1. The third-order valence-electron chi connectivity index (χ3n) is 2.23. The minimum absolute atomic E-state index is 0.733. The van der Waals surface area contributed by atoms with E-state index in [-0.39, 0.29) is 0 Å². The number of rotatable bonds is 3. The van der Waals surface area contributed by atoms with Gasteiger partial charge in [0, 0.05) is 30.2 Å². The summed E-state index contributed by atoms with van der Waals surface area (Å²) in [6, 6.07) is 10.0. The van der Waals surface area contributed by atoms with Crippen molar-refractivity contribution in [3.63, 3.8) is 0 Å². The number of hydrogen-bond donors (Lipinski definition) is 1. The van der Waals surface area contributed by atoms with Crippen LogP contribution >= 0.6 is 0 Å². The summed E-state index contributed by atoms with van der Waals surface area (Å²) in [6.07, 6.45) is 7.74. The van der Waals surface area contributed by atoms with Crippen molar-refractivity contribution in [3.05, 3.63) is 36.5 Å². The average molecular weight is 226 g/mol. The molecule has 0 aliphatic carbocycles.